The van der Waals surface area contributed by atoms with Crippen molar-refractivity contribution in [3.8, 4) is 0 Å². The van der Waals surface area contributed by atoms with Crippen molar-refractivity contribution in [2.45, 2.75) is 32.7 Å². The maximum Gasteiger partial charge on any atom is 0.0485 e. The summed E-state index contributed by atoms with van der Waals surface area (Å²) in [6.45, 7) is 3.27. The third kappa shape index (κ3) is 3.47. The molecule has 1 aromatic carbocycles. The highest BCUT2D eigenvalue weighted by Gasteiger charge is 2.11. The van der Waals surface area contributed by atoms with Crippen molar-refractivity contribution < 1.29 is 5.11 Å². The zero-order valence-electron chi connectivity index (χ0n) is 11.0. The fourth-order valence-electron chi connectivity index (χ4n) is 2.28. The summed E-state index contributed by atoms with van der Waals surface area (Å²) in [6.07, 6.45) is 7.40. The van der Waals surface area contributed by atoms with Crippen LogP contribution in [0.2, 0.25) is 0 Å². The van der Waals surface area contributed by atoms with Gasteiger partial charge in [0.2, 0.25) is 0 Å². The maximum absolute atomic E-state index is 9.17. The summed E-state index contributed by atoms with van der Waals surface area (Å²) < 4.78 is 0. The van der Waals surface area contributed by atoms with Crippen LogP contribution in [0.15, 0.2) is 53.9 Å². The van der Waals surface area contributed by atoms with Gasteiger partial charge < -0.3 is 10.0 Å². The monoisotopic (exact) mass is 243 g/mol. The Kier molecular flexibility index (Phi) is 4.59. The molecule has 2 rings (SSSR count). The van der Waals surface area contributed by atoms with E-state index in [1.807, 2.05) is 6.07 Å². The van der Waals surface area contributed by atoms with Gasteiger partial charge in [0.25, 0.3) is 0 Å². The van der Waals surface area contributed by atoms with Crippen molar-refractivity contribution >= 4 is 0 Å². The van der Waals surface area contributed by atoms with Gasteiger partial charge in [0.05, 0.1) is 0 Å². The van der Waals surface area contributed by atoms with Crippen LogP contribution < -0.4 is 0 Å². The lowest BCUT2D eigenvalue weighted by Gasteiger charge is -2.23. The summed E-state index contributed by atoms with van der Waals surface area (Å²) in [4.78, 5) is 2.27. The fourth-order valence-corrected chi connectivity index (χ4v) is 2.28. The lowest BCUT2D eigenvalue weighted by Crippen LogP contribution is -2.17. The minimum absolute atomic E-state index is 0.212. The Morgan fingerprint density at radius 3 is 2.72 bits per heavy atom. The topological polar surface area (TPSA) is 23.5 Å². The zero-order valence-corrected chi connectivity index (χ0v) is 11.0. The van der Waals surface area contributed by atoms with Gasteiger partial charge in [-0.15, -0.1) is 0 Å². The first-order valence-corrected chi connectivity index (χ1v) is 6.57. The first-order chi connectivity index (χ1) is 8.79. The van der Waals surface area contributed by atoms with Gasteiger partial charge in [0, 0.05) is 31.5 Å². The number of benzene rings is 1. The van der Waals surface area contributed by atoms with E-state index >= 15 is 0 Å². The third-order valence-corrected chi connectivity index (χ3v) is 3.23. The predicted molar refractivity (Wildman–Crippen MR) is 74.8 cm³/mol. The number of nitrogens with zero attached hydrogens (tertiary/aromatic N) is 1. The van der Waals surface area contributed by atoms with Gasteiger partial charge in [0.1, 0.15) is 0 Å². The molecule has 96 valence electrons. The molecule has 0 saturated carbocycles. The normalized spacial score (nSPS) is 16.0. The molecule has 0 saturated heterocycles. The van der Waals surface area contributed by atoms with Crippen molar-refractivity contribution in [1.82, 2.24) is 4.90 Å². The first-order valence-electron chi connectivity index (χ1n) is 6.57. The van der Waals surface area contributed by atoms with E-state index in [2.05, 4.69) is 48.4 Å². The first kappa shape index (κ1) is 12.9. The minimum Gasteiger partial charge on any atom is -0.396 e. The van der Waals surface area contributed by atoms with Crippen LogP contribution in [-0.2, 0) is 6.54 Å². The lowest BCUT2D eigenvalue weighted by atomic mass is 10.2. The standard InChI is InChI=1S/C16H21NO/c1-14-6-5-9-16(10-11-18)17(12-14)13-15-7-3-2-4-8-15/h2-4,7-9,12,18H,5-6,10-11,13H2,1H3. The van der Waals surface area contributed by atoms with Gasteiger partial charge in [-0.05, 0) is 25.3 Å². The number of hydrogen-bond acceptors (Lipinski definition) is 2. The van der Waals surface area contributed by atoms with E-state index in [9.17, 15) is 5.11 Å². The molecule has 0 fully saturated rings. The molecular formula is C16H21NO. The average Bonchev–Trinajstić information content (AvgIpc) is 2.54. The van der Waals surface area contributed by atoms with Gasteiger partial charge in [-0.3, -0.25) is 0 Å². The van der Waals surface area contributed by atoms with Crippen LogP contribution >= 0.6 is 0 Å². The van der Waals surface area contributed by atoms with Gasteiger partial charge in [-0.2, -0.15) is 0 Å². The molecule has 0 aliphatic carbocycles. The molecule has 1 N–H and O–H groups in total. The highest BCUT2D eigenvalue weighted by Crippen LogP contribution is 2.22. The molecule has 18 heavy (non-hydrogen) atoms. The summed E-state index contributed by atoms with van der Waals surface area (Å²) in [5.74, 6) is 0. The second kappa shape index (κ2) is 6.41. The van der Waals surface area contributed by atoms with Gasteiger partial charge >= 0.3 is 0 Å². The molecule has 1 aliphatic rings. The van der Waals surface area contributed by atoms with E-state index in [0.29, 0.717) is 0 Å². The Labute approximate surface area is 109 Å². The van der Waals surface area contributed by atoms with E-state index in [0.717, 1.165) is 25.8 Å². The van der Waals surface area contributed by atoms with Crippen LogP contribution in [0.25, 0.3) is 0 Å². The molecular weight excluding hydrogens is 222 g/mol. The van der Waals surface area contributed by atoms with Crippen LogP contribution in [0.3, 0.4) is 0 Å². The van der Waals surface area contributed by atoms with Gasteiger partial charge in [0.15, 0.2) is 0 Å². The van der Waals surface area contributed by atoms with Crippen LogP contribution in [0.1, 0.15) is 31.7 Å². The van der Waals surface area contributed by atoms with Crippen LogP contribution in [0, 0.1) is 0 Å². The van der Waals surface area contributed by atoms with E-state index in [-0.39, 0.29) is 6.61 Å². The minimum atomic E-state index is 0.212. The Morgan fingerprint density at radius 1 is 1.22 bits per heavy atom. The highest BCUT2D eigenvalue weighted by atomic mass is 16.3. The SMILES string of the molecule is CC1=CN(Cc2ccccc2)C(CCO)=CCC1. The molecule has 0 atom stereocenters. The summed E-state index contributed by atoms with van der Waals surface area (Å²) in [6, 6.07) is 10.5. The molecule has 0 radical (unpaired) electrons. The third-order valence-electron chi connectivity index (χ3n) is 3.23. The van der Waals surface area contributed by atoms with Crippen molar-refractivity contribution in [3.05, 3.63) is 59.4 Å². The second-order valence-corrected chi connectivity index (χ2v) is 4.80. The quantitative estimate of drug-likeness (QED) is 0.875. The number of hydrogen-bond donors (Lipinski definition) is 1. The summed E-state index contributed by atoms with van der Waals surface area (Å²) in [5, 5.41) is 9.17. The van der Waals surface area contributed by atoms with Crippen molar-refractivity contribution in [2.24, 2.45) is 0 Å². The molecule has 1 aliphatic heterocycles. The average molecular weight is 243 g/mol. The van der Waals surface area contributed by atoms with Crippen molar-refractivity contribution in [1.29, 1.82) is 0 Å². The Hall–Kier alpha value is -1.54. The molecule has 0 spiro atoms. The van der Waals surface area contributed by atoms with E-state index in [1.54, 1.807) is 0 Å². The fraction of sp³-hybridized carbons (Fsp3) is 0.375. The molecule has 2 nitrogen and oxygen atoms in total. The van der Waals surface area contributed by atoms with Crippen molar-refractivity contribution in [3.63, 3.8) is 0 Å². The molecule has 2 heteroatoms. The summed E-state index contributed by atoms with van der Waals surface area (Å²) in [7, 11) is 0. The van der Waals surface area contributed by atoms with Crippen molar-refractivity contribution in [2.75, 3.05) is 6.61 Å². The molecule has 1 heterocycles. The summed E-state index contributed by atoms with van der Waals surface area (Å²) >= 11 is 0. The van der Waals surface area contributed by atoms with Crippen LogP contribution in [0.4, 0.5) is 0 Å². The predicted octanol–water partition coefficient (Wildman–Crippen LogP) is 3.45. The number of aliphatic hydroxyl groups excluding tert-OH is 1. The number of aliphatic hydroxyl groups is 1. The number of rotatable bonds is 4. The molecule has 1 aromatic rings. The second-order valence-electron chi connectivity index (χ2n) is 4.80. The molecule has 0 unspecified atom stereocenters. The smallest absolute Gasteiger partial charge is 0.0485 e. The zero-order chi connectivity index (χ0) is 12.8. The van der Waals surface area contributed by atoms with Gasteiger partial charge in [-0.1, -0.05) is 42.0 Å². The van der Waals surface area contributed by atoms with Crippen LogP contribution in [0.5, 0.6) is 0 Å². The Bertz CT molecular complexity index is 434. The largest absolute Gasteiger partial charge is 0.396 e. The molecule has 0 bridgehead atoms. The Balaban J connectivity index is 2.17. The number of allylic oxidation sites excluding steroid dienone is 2. The molecule has 0 aromatic heterocycles. The van der Waals surface area contributed by atoms with E-state index < -0.39 is 0 Å². The highest BCUT2D eigenvalue weighted by molar-refractivity contribution is 5.20. The summed E-state index contributed by atoms with van der Waals surface area (Å²) in [5.41, 5.74) is 3.93. The van der Waals surface area contributed by atoms with E-state index in [4.69, 9.17) is 0 Å². The van der Waals surface area contributed by atoms with Crippen LogP contribution in [-0.4, -0.2) is 16.6 Å². The van der Waals surface area contributed by atoms with Gasteiger partial charge in [-0.25, -0.2) is 0 Å². The maximum atomic E-state index is 9.17. The lowest BCUT2D eigenvalue weighted by molar-refractivity contribution is 0.282. The molecule has 0 amide bonds. The van der Waals surface area contributed by atoms with E-state index in [1.165, 1.54) is 16.8 Å². The Morgan fingerprint density at radius 2 is 2.00 bits per heavy atom.